The molecular formula is C18H29N5O2. The van der Waals surface area contributed by atoms with Gasteiger partial charge >= 0.3 is 0 Å². The van der Waals surface area contributed by atoms with Crippen molar-refractivity contribution in [3.05, 3.63) is 12.4 Å². The maximum atomic E-state index is 11.7. The normalized spacial score (nSPS) is 21.2. The third-order valence-corrected chi connectivity index (χ3v) is 4.88. The fourth-order valence-corrected chi connectivity index (χ4v) is 3.49. The number of amides is 1. The van der Waals surface area contributed by atoms with E-state index in [2.05, 4.69) is 31.2 Å². The molecule has 2 aliphatic heterocycles. The van der Waals surface area contributed by atoms with Crippen molar-refractivity contribution in [2.24, 2.45) is 5.92 Å². The standard InChI is InChI=1S/C18H29N5O2/c1-2-4-18(24)19-12-15-5-3-6-23(13-15)17-11-16(20-14-21-17)22-7-9-25-10-8-22/h11,14-15H,2-10,12-13H2,1H3,(H,19,24). The van der Waals surface area contributed by atoms with Crippen molar-refractivity contribution in [3.63, 3.8) is 0 Å². The van der Waals surface area contributed by atoms with Gasteiger partial charge in [0, 0.05) is 45.2 Å². The van der Waals surface area contributed by atoms with E-state index in [-0.39, 0.29) is 5.91 Å². The zero-order valence-corrected chi connectivity index (χ0v) is 15.1. The molecule has 138 valence electrons. The molecule has 1 aromatic heterocycles. The summed E-state index contributed by atoms with van der Waals surface area (Å²) < 4.78 is 5.42. The Balaban J connectivity index is 1.58. The number of ether oxygens (including phenoxy) is 1. The van der Waals surface area contributed by atoms with Gasteiger partial charge in [0.25, 0.3) is 0 Å². The molecule has 1 N–H and O–H groups in total. The van der Waals surface area contributed by atoms with E-state index in [0.717, 1.165) is 76.8 Å². The molecule has 0 bridgehead atoms. The molecule has 0 saturated carbocycles. The van der Waals surface area contributed by atoms with Gasteiger partial charge in [-0.1, -0.05) is 6.92 Å². The highest BCUT2D eigenvalue weighted by Gasteiger charge is 2.22. The lowest BCUT2D eigenvalue weighted by Gasteiger charge is -2.34. The molecule has 0 aliphatic carbocycles. The molecule has 0 spiro atoms. The minimum atomic E-state index is 0.163. The smallest absolute Gasteiger partial charge is 0.219 e. The summed E-state index contributed by atoms with van der Waals surface area (Å²) >= 11 is 0. The van der Waals surface area contributed by atoms with E-state index in [1.807, 2.05) is 6.92 Å². The zero-order valence-electron chi connectivity index (χ0n) is 15.1. The Bertz CT molecular complexity index is 562. The fourth-order valence-electron chi connectivity index (χ4n) is 3.49. The van der Waals surface area contributed by atoms with Gasteiger partial charge in [-0.25, -0.2) is 9.97 Å². The van der Waals surface area contributed by atoms with E-state index in [0.29, 0.717) is 12.3 Å². The average molecular weight is 347 g/mol. The van der Waals surface area contributed by atoms with Crippen LogP contribution in [0.15, 0.2) is 12.4 Å². The number of aromatic nitrogens is 2. The molecule has 1 amide bonds. The Kier molecular flexibility index (Phi) is 6.44. The first-order valence-electron chi connectivity index (χ1n) is 9.42. The van der Waals surface area contributed by atoms with Gasteiger partial charge in [-0.3, -0.25) is 4.79 Å². The highest BCUT2D eigenvalue weighted by atomic mass is 16.5. The number of nitrogens with one attached hydrogen (secondary N) is 1. The Morgan fingerprint density at radius 3 is 2.76 bits per heavy atom. The predicted octanol–water partition coefficient (Wildman–Crippen LogP) is 1.45. The van der Waals surface area contributed by atoms with Gasteiger partial charge in [0.15, 0.2) is 0 Å². The summed E-state index contributed by atoms with van der Waals surface area (Å²) in [5.41, 5.74) is 0. The molecule has 25 heavy (non-hydrogen) atoms. The van der Waals surface area contributed by atoms with Crippen molar-refractivity contribution < 1.29 is 9.53 Å². The predicted molar refractivity (Wildman–Crippen MR) is 97.9 cm³/mol. The lowest BCUT2D eigenvalue weighted by atomic mass is 9.98. The van der Waals surface area contributed by atoms with Gasteiger partial charge in [0.1, 0.15) is 18.0 Å². The number of morpholine rings is 1. The largest absolute Gasteiger partial charge is 0.378 e. The summed E-state index contributed by atoms with van der Waals surface area (Å²) in [5.74, 6) is 2.61. The molecule has 7 nitrogen and oxygen atoms in total. The summed E-state index contributed by atoms with van der Waals surface area (Å²) in [6.07, 6.45) is 5.46. The van der Waals surface area contributed by atoms with Crippen LogP contribution in [0.25, 0.3) is 0 Å². The molecule has 2 fully saturated rings. The third-order valence-electron chi connectivity index (χ3n) is 4.88. The van der Waals surface area contributed by atoms with Crippen LogP contribution in [0.1, 0.15) is 32.6 Å². The van der Waals surface area contributed by atoms with Gasteiger partial charge in [-0.15, -0.1) is 0 Å². The molecule has 1 unspecified atom stereocenters. The van der Waals surface area contributed by atoms with Crippen LogP contribution in [0.3, 0.4) is 0 Å². The van der Waals surface area contributed by atoms with E-state index in [1.165, 1.54) is 0 Å². The van der Waals surface area contributed by atoms with Gasteiger partial charge in [0.2, 0.25) is 5.91 Å². The first-order valence-corrected chi connectivity index (χ1v) is 9.42. The SMILES string of the molecule is CCCC(=O)NCC1CCCN(c2cc(N3CCOCC3)ncn2)C1. The van der Waals surface area contributed by atoms with Crippen LogP contribution < -0.4 is 15.1 Å². The monoisotopic (exact) mass is 347 g/mol. The molecular weight excluding hydrogens is 318 g/mol. The number of anilines is 2. The summed E-state index contributed by atoms with van der Waals surface area (Å²) in [6.45, 7) is 8.00. The van der Waals surface area contributed by atoms with Crippen LogP contribution in [0.2, 0.25) is 0 Å². The minimum Gasteiger partial charge on any atom is -0.378 e. The Hall–Kier alpha value is -1.89. The lowest BCUT2D eigenvalue weighted by Crippen LogP contribution is -2.41. The highest BCUT2D eigenvalue weighted by Crippen LogP contribution is 2.24. The number of carbonyl (C=O) groups excluding carboxylic acids is 1. The average Bonchev–Trinajstić information content (AvgIpc) is 2.68. The summed E-state index contributed by atoms with van der Waals surface area (Å²) in [5, 5.41) is 3.07. The highest BCUT2D eigenvalue weighted by molar-refractivity contribution is 5.75. The molecule has 3 heterocycles. The second-order valence-electron chi connectivity index (χ2n) is 6.84. The van der Waals surface area contributed by atoms with Crippen LogP contribution in [0.5, 0.6) is 0 Å². The number of rotatable bonds is 6. The molecule has 1 atom stereocenters. The number of hydrogen-bond acceptors (Lipinski definition) is 6. The van der Waals surface area contributed by atoms with Crippen LogP contribution in [0.4, 0.5) is 11.6 Å². The van der Waals surface area contributed by atoms with Gasteiger partial charge < -0.3 is 19.9 Å². The summed E-state index contributed by atoms with van der Waals surface area (Å²) in [7, 11) is 0. The maximum Gasteiger partial charge on any atom is 0.219 e. The van der Waals surface area contributed by atoms with Crippen molar-refractivity contribution in [2.45, 2.75) is 32.6 Å². The quantitative estimate of drug-likeness (QED) is 0.840. The molecule has 2 aliphatic rings. The topological polar surface area (TPSA) is 70.6 Å². The Morgan fingerprint density at radius 1 is 1.24 bits per heavy atom. The Morgan fingerprint density at radius 2 is 2.00 bits per heavy atom. The number of carbonyl (C=O) groups is 1. The van der Waals surface area contributed by atoms with Gasteiger partial charge in [-0.05, 0) is 25.2 Å². The number of hydrogen-bond donors (Lipinski definition) is 1. The van der Waals surface area contributed by atoms with Crippen LogP contribution in [0, 0.1) is 5.92 Å². The summed E-state index contributed by atoms with van der Waals surface area (Å²) in [6, 6.07) is 2.09. The van der Waals surface area contributed by atoms with Crippen molar-refractivity contribution >= 4 is 17.5 Å². The molecule has 3 rings (SSSR count). The van der Waals surface area contributed by atoms with Crippen molar-refractivity contribution in [1.29, 1.82) is 0 Å². The van der Waals surface area contributed by atoms with E-state index in [4.69, 9.17) is 4.74 Å². The third kappa shape index (κ3) is 5.04. The number of piperidine rings is 1. The zero-order chi connectivity index (χ0) is 17.5. The molecule has 0 radical (unpaired) electrons. The van der Waals surface area contributed by atoms with Crippen LogP contribution in [-0.2, 0) is 9.53 Å². The first-order chi connectivity index (χ1) is 12.3. The second kappa shape index (κ2) is 8.99. The lowest BCUT2D eigenvalue weighted by molar-refractivity contribution is -0.121. The molecule has 2 saturated heterocycles. The first kappa shape index (κ1) is 17.9. The fraction of sp³-hybridized carbons (Fsp3) is 0.722. The van der Waals surface area contributed by atoms with Crippen LogP contribution in [-0.4, -0.2) is 61.8 Å². The van der Waals surface area contributed by atoms with Crippen LogP contribution >= 0.6 is 0 Å². The van der Waals surface area contributed by atoms with E-state index >= 15 is 0 Å². The molecule has 1 aromatic rings. The molecule has 0 aromatic carbocycles. The Labute approximate surface area is 149 Å². The van der Waals surface area contributed by atoms with Crippen molar-refractivity contribution in [3.8, 4) is 0 Å². The van der Waals surface area contributed by atoms with E-state index in [9.17, 15) is 4.79 Å². The number of nitrogens with zero attached hydrogens (tertiary/aromatic N) is 4. The van der Waals surface area contributed by atoms with E-state index < -0.39 is 0 Å². The van der Waals surface area contributed by atoms with Crippen molar-refractivity contribution in [1.82, 2.24) is 15.3 Å². The van der Waals surface area contributed by atoms with Gasteiger partial charge in [0.05, 0.1) is 13.2 Å². The second-order valence-corrected chi connectivity index (χ2v) is 6.84. The van der Waals surface area contributed by atoms with E-state index in [1.54, 1.807) is 6.33 Å². The minimum absolute atomic E-state index is 0.163. The summed E-state index contributed by atoms with van der Waals surface area (Å²) in [4.78, 5) is 25.2. The molecule has 7 heteroatoms. The van der Waals surface area contributed by atoms with Crippen molar-refractivity contribution in [2.75, 3.05) is 55.7 Å². The van der Waals surface area contributed by atoms with Gasteiger partial charge in [-0.2, -0.15) is 0 Å². The maximum absolute atomic E-state index is 11.7.